The van der Waals surface area contributed by atoms with Crippen LogP contribution in [0.25, 0.3) is 0 Å². The zero-order valence-corrected chi connectivity index (χ0v) is 17.9. The number of rotatable bonds is 4. The molecule has 0 unspecified atom stereocenters. The first-order valence-electron chi connectivity index (χ1n) is 10.4. The molecule has 7 nitrogen and oxygen atoms in total. The second kappa shape index (κ2) is 7.72. The Kier molecular flexibility index (Phi) is 5.42. The highest BCUT2D eigenvalue weighted by atomic mass is 32.2. The van der Waals surface area contributed by atoms with E-state index in [1.54, 1.807) is 4.90 Å². The quantitative estimate of drug-likeness (QED) is 0.728. The summed E-state index contributed by atoms with van der Waals surface area (Å²) < 4.78 is 23.5. The van der Waals surface area contributed by atoms with Crippen molar-refractivity contribution >= 4 is 21.7 Å². The molecule has 0 saturated carbocycles. The van der Waals surface area contributed by atoms with Gasteiger partial charge in [0.05, 0.1) is 11.5 Å². The van der Waals surface area contributed by atoms with Crippen LogP contribution in [0.1, 0.15) is 36.2 Å². The number of sulfone groups is 1. The Balaban J connectivity index is 1.42. The first kappa shape index (κ1) is 20.3. The first-order valence-corrected chi connectivity index (χ1v) is 12.2. The fourth-order valence-electron chi connectivity index (χ4n) is 4.84. The maximum Gasteiger partial charge on any atom is 0.255 e. The van der Waals surface area contributed by atoms with Crippen molar-refractivity contribution in [2.24, 2.45) is 5.92 Å². The average molecular weight is 420 g/mol. The van der Waals surface area contributed by atoms with E-state index in [1.807, 2.05) is 43.0 Å². The molecule has 2 amide bonds. The average Bonchev–Trinajstić information content (AvgIpc) is 3.22. The molecule has 1 aromatic rings. The number of amides is 2. The lowest BCUT2D eigenvalue weighted by Crippen LogP contribution is -2.57. The van der Waals surface area contributed by atoms with Crippen molar-refractivity contribution < 1.29 is 18.0 Å². The number of hydrogen-bond acceptors (Lipinski definition) is 5. The molecular formula is C21H29N3O4S. The van der Waals surface area contributed by atoms with Gasteiger partial charge in [-0.25, -0.2) is 8.42 Å². The zero-order chi connectivity index (χ0) is 20.8. The molecule has 2 atom stereocenters. The monoisotopic (exact) mass is 419 g/mol. The van der Waals surface area contributed by atoms with Gasteiger partial charge in [-0.3, -0.25) is 14.5 Å². The molecule has 2 saturated heterocycles. The van der Waals surface area contributed by atoms with Crippen LogP contribution in [0, 0.1) is 5.92 Å². The van der Waals surface area contributed by atoms with Crippen molar-refractivity contribution in [3.05, 3.63) is 35.4 Å². The summed E-state index contributed by atoms with van der Waals surface area (Å²) in [6.45, 7) is 6.97. The summed E-state index contributed by atoms with van der Waals surface area (Å²) in [5.74, 6) is 0.445. The van der Waals surface area contributed by atoms with E-state index in [0.29, 0.717) is 44.7 Å². The van der Waals surface area contributed by atoms with E-state index in [0.717, 1.165) is 5.56 Å². The van der Waals surface area contributed by atoms with E-state index in [4.69, 9.17) is 0 Å². The van der Waals surface area contributed by atoms with Gasteiger partial charge in [0.25, 0.3) is 5.91 Å². The van der Waals surface area contributed by atoms with E-state index in [-0.39, 0.29) is 35.3 Å². The standard InChI is InChI=1S/C21H29N3O4S/c1-15(2)19(24-13-16-5-3-4-6-18(16)20(24)25)21(26)23-10-8-22(9-11-23)17-7-12-29(27,28)14-17/h3-6,15,17,19H,7-14H2,1-2H3/t17-,19-/m0/s1. The van der Waals surface area contributed by atoms with Crippen LogP contribution < -0.4 is 0 Å². The summed E-state index contributed by atoms with van der Waals surface area (Å²) in [7, 11) is -2.91. The number of benzene rings is 1. The maximum absolute atomic E-state index is 13.4. The molecule has 2 fully saturated rings. The van der Waals surface area contributed by atoms with E-state index >= 15 is 0 Å². The van der Waals surface area contributed by atoms with Crippen molar-refractivity contribution in [3.63, 3.8) is 0 Å². The van der Waals surface area contributed by atoms with Crippen LogP contribution in [0.4, 0.5) is 0 Å². The number of carbonyl (C=O) groups is 2. The Hall–Kier alpha value is -1.93. The molecule has 0 bridgehead atoms. The summed E-state index contributed by atoms with van der Waals surface area (Å²) in [4.78, 5) is 32.0. The van der Waals surface area contributed by atoms with Crippen LogP contribution in [0.5, 0.6) is 0 Å². The minimum Gasteiger partial charge on any atom is -0.338 e. The SMILES string of the molecule is CC(C)[C@@H](C(=O)N1CCN([C@H]2CCS(=O)(=O)C2)CC1)N1Cc2ccccc2C1=O. The molecule has 158 valence electrons. The Bertz CT molecular complexity index is 906. The predicted molar refractivity (Wildman–Crippen MR) is 110 cm³/mol. The lowest BCUT2D eigenvalue weighted by Gasteiger charge is -2.41. The second-order valence-corrected chi connectivity index (χ2v) is 10.9. The number of fused-ring (bicyclic) bond motifs is 1. The van der Waals surface area contributed by atoms with Crippen LogP contribution in [0.15, 0.2) is 24.3 Å². The largest absolute Gasteiger partial charge is 0.338 e. The number of carbonyl (C=O) groups excluding carboxylic acids is 2. The third-order valence-electron chi connectivity index (χ3n) is 6.42. The number of piperazine rings is 1. The van der Waals surface area contributed by atoms with Gasteiger partial charge in [0.2, 0.25) is 5.91 Å². The van der Waals surface area contributed by atoms with Gasteiger partial charge < -0.3 is 9.80 Å². The van der Waals surface area contributed by atoms with Crippen molar-refractivity contribution in [3.8, 4) is 0 Å². The number of nitrogens with zero attached hydrogens (tertiary/aromatic N) is 3. The molecule has 0 spiro atoms. The first-order chi connectivity index (χ1) is 13.8. The molecule has 1 aromatic carbocycles. The maximum atomic E-state index is 13.4. The van der Waals surface area contributed by atoms with Crippen LogP contribution in [0.2, 0.25) is 0 Å². The topological polar surface area (TPSA) is 78.0 Å². The van der Waals surface area contributed by atoms with E-state index < -0.39 is 15.9 Å². The minimum absolute atomic E-state index is 0.000139. The van der Waals surface area contributed by atoms with E-state index in [9.17, 15) is 18.0 Å². The molecule has 4 rings (SSSR count). The summed E-state index contributed by atoms with van der Waals surface area (Å²) in [5, 5.41) is 0. The predicted octanol–water partition coefficient (Wildman–Crippen LogP) is 0.998. The van der Waals surface area contributed by atoms with Gasteiger partial charge in [-0.15, -0.1) is 0 Å². The van der Waals surface area contributed by atoms with Crippen molar-refractivity contribution in [1.29, 1.82) is 0 Å². The van der Waals surface area contributed by atoms with Crippen molar-refractivity contribution in [2.45, 2.75) is 38.9 Å². The van der Waals surface area contributed by atoms with Crippen LogP contribution in [0.3, 0.4) is 0 Å². The molecule has 8 heteroatoms. The highest BCUT2D eigenvalue weighted by Gasteiger charge is 2.41. The van der Waals surface area contributed by atoms with Gasteiger partial charge in [0.1, 0.15) is 6.04 Å². The highest BCUT2D eigenvalue weighted by molar-refractivity contribution is 7.91. The van der Waals surface area contributed by atoms with Gasteiger partial charge in [-0.1, -0.05) is 32.0 Å². The van der Waals surface area contributed by atoms with E-state index in [2.05, 4.69) is 4.90 Å². The van der Waals surface area contributed by atoms with Crippen LogP contribution in [-0.4, -0.2) is 84.7 Å². The van der Waals surface area contributed by atoms with Gasteiger partial charge >= 0.3 is 0 Å². The molecule has 3 heterocycles. The molecular weight excluding hydrogens is 390 g/mol. The van der Waals surface area contributed by atoms with Gasteiger partial charge in [-0.05, 0) is 24.0 Å². The summed E-state index contributed by atoms with van der Waals surface area (Å²) in [6.07, 6.45) is 0.686. The third-order valence-corrected chi connectivity index (χ3v) is 8.17. The molecule has 0 N–H and O–H groups in total. The van der Waals surface area contributed by atoms with E-state index in [1.165, 1.54) is 0 Å². The normalized spacial score (nSPS) is 25.5. The Morgan fingerprint density at radius 3 is 2.38 bits per heavy atom. The minimum atomic E-state index is -2.91. The molecule has 0 aliphatic carbocycles. The molecule has 3 aliphatic rings. The van der Waals surface area contributed by atoms with Gasteiger partial charge in [0, 0.05) is 44.3 Å². The van der Waals surface area contributed by atoms with Gasteiger partial charge in [-0.2, -0.15) is 0 Å². The molecule has 0 radical (unpaired) electrons. The van der Waals surface area contributed by atoms with Gasteiger partial charge in [0.15, 0.2) is 9.84 Å². The lowest BCUT2D eigenvalue weighted by atomic mass is 10.0. The fraction of sp³-hybridized carbons (Fsp3) is 0.619. The number of hydrogen-bond donors (Lipinski definition) is 0. The summed E-state index contributed by atoms with van der Waals surface area (Å²) >= 11 is 0. The highest BCUT2D eigenvalue weighted by Crippen LogP contribution is 2.28. The second-order valence-electron chi connectivity index (χ2n) is 8.70. The Labute approximate surface area is 172 Å². The lowest BCUT2D eigenvalue weighted by molar-refractivity contribution is -0.139. The zero-order valence-electron chi connectivity index (χ0n) is 17.1. The smallest absolute Gasteiger partial charge is 0.255 e. The molecule has 3 aliphatic heterocycles. The fourth-order valence-corrected chi connectivity index (χ4v) is 6.60. The van der Waals surface area contributed by atoms with Crippen molar-refractivity contribution in [1.82, 2.24) is 14.7 Å². The van der Waals surface area contributed by atoms with Crippen molar-refractivity contribution in [2.75, 3.05) is 37.7 Å². The Morgan fingerprint density at radius 1 is 1.10 bits per heavy atom. The molecule has 29 heavy (non-hydrogen) atoms. The summed E-state index contributed by atoms with van der Waals surface area (Å²) in [5.41, 5.74) is 1.67. The Morgan fingerprint density at radius 2 is 1.79 bits per heavy atom. The van der Waals surface area contributed by atoms with Crippen LogP contribution in [-0.2, 0) is 21.2 Å². The third kappa shape index (κ3) is 3.92. The molecule has 0 aromatic heterocycles. The van der Waals surface area contributed by atoms with Crippen LogP contribution >= 0.6 is 0 Å². The summed E-state index contributed by atoms with van der Waals surface area (Å²) in [6, 6.07) is 7.15.